The van der Waals surface area contributed by atoms with Crippen LogP contribution in [0.3, 0.4) is 0 Å². The highest BCUT2D eigenvalue weighted by atomic mass is 35.5. The van der Waals surface area contributed by atoms with Crippen LogP contribution in [0.4, 0.5) is 5.69 Å². The van der Waals surface area contributed by atoms with Crippen molar-refractivity contribution in [3.05, 3.63) is 46.7 Å². The quantitative estimate of drug-likeness (QED) is 0.910. The van der Waals surface area contributed by atoms with Gasteiger partial charge in [0.05, 0.1) is 10.7 Å². The van der Waals surface area contributed by atoms with Crippen LogP contribution in [0.2, 0.25) is 5.02 Å². The molecule has 6 heteroatoms. The van der Waals surface area contributed by atoms with E-state index in [-0.39, 0.29) is 5.91 Å². The number of aromatic nitrogens is 2. The Labute approximate surface area is 153 Å². The first-order valence-corrected chi connectivity index (χ1v) is 9.43. The number of carbonyl (C=O) groups is 1. The number of H-pyrrole nitrogens is 1. The van der Waals surface area contributed by atoms with E-state index < -0.39 is 0 Å². The summed E-state index contributed by atoms with van der Waals surface area (Å²) < 4.78 is 0. The van der Waals surface area contributed by atoms with E-state index in [2.05, 4.69) is 15.1 Å². The van der Waals surface area contributed by atoms with Crippen LogP contribution in [0.1, 0.15) is 47.7 Å². The maximum Gasteiger partial charge on any atom is 0.253 e. The van der Waals surface area contributed by atoms with E-state index in [4.69, 9.17) is 11.6 Å². The zero-order chi connectivity index (χ0) is 17.2. The van der Waals surface area contributed by atoms with Gasteiger partial charge in [-0.2, -0.15) is 5.10 Å². The Balaban J connectivity index is 1.42. The number of halogens is 1. The van der Waals surface area contributed by atoms with Gasteiger partial charge in [0.15, 0.2) is 0 Å². The lowest BCUT2D eigenvalue weighted by atomic mass is 9.93. The molecule has 0 atom stereocenters. The number of hydrogen-bond acceptors (Lipinski definition) is 3. The largest absolute Gasteiger partial charge is 0.370 e. The van der Waals surface area contributed by atoms with E-state index in [1.54, 1.807) is 6.20 Å². The Morgan fingerprint density at radius 1 is 1.12 bits per heavy atom. The third-order valence-corrected chi connectivity index (χ3v) is 5.69. The van der Waals surface area contributed by atoms with Crippen molar-refractivity contribution < 1.29 is 4.79 Å². The fourth-order valence-electron chi connectivity index (χ4n) is 3.92. The first-order valence-electron chi connectivity index (χ1n) is 9.05. The molecule has 0 aliphatic carbocycles. The lowest BCUT2D eigenvalue weighted by molar-refractivity contribution is 0.0712. The van der Waals surface area contributed by atoms with Crippen molar-refractivity contribution in [2.24, 2.45) is 0 Å². The van der Waals surface area contributed by atoms with Gasteiger partial charge in [0.2, 0.25) is 0 Å². The maximum absolute atomic E-state index is 12.8. The van der Waals surface area contributed by atoms with Crippen LogP contribution in [0.25, 0.3) is 0 Å². The van der Waals surface area contributed by atoms with Gasteiger partial charge < -0.3 is 9.80 Å². The molecule has 1 aromatic heterocycles. The van der Waals surface area contributed by atoms with Crippen molar-refractivity contribution in [1.82, 2.24) is 15.1 Å². The van der Waals surface area contributed by atoms with Gasteiger partial charge in [-0.3, -0.25) is 9.89 Å². The summed E-state index contributed by atoms with van der Waals surface area (Å²) >= 11 is 6.46. The van der Waals surface area contributed by atoms with Gasteiger partial charge in [-0.1, -0.05) is 11.6 Å². The van der Waals surface area contributed by atoms with Gasteiger partial charge in [-0.25, -0.2) is 0 Å². The molecular formula is C19H23ClN4O. The van der Waals surface area contributed by atoms with Crippen molar-refractivity contribution in [2.45, 2.75) is 31.6 Å². The minimum absolute atomic E-state index is 0.0814. The second-order valence-electron chi connectivity index (χ2n) is 6.94. The van der Waals surface area contributed by atoms with Crippen LogP contribution in [-0.4, -0.2) is 47.2 Å². The average Bonchev–Trinajstić information content (AvgIpc) is 3.35. The molecule has 5 nitrogen and oxygen atoms in total. The van der Waals surface area contributed by atoms with E-state index in [1.807, 2.05) is 29.2 Å². The molecule has 2 fully saturated rings. The smallest absolute Gasteiger partial charge is 0.253 e. The van der Waals surface area contributed by atoms with E-state index in [1.165, 1.54) is 18.5 Å². The highest BCUT2D eigenvalue weighted by molar-refractivity contribution is 6.33. The minimum Gasteiger partial charge on any atom is -0.370 e. The standard InChI is InChI=1S/C19H23ClN4O/c20-16-13-15(3-4-18(16)23-9-1-2-10-23)19(25)24-11-6-14(7-12-24)17-5-8-21-22-17/h3-5,8,13-14H,1-2,6-7,9-12H2,(H,21,22). The number of piperidine rings is 1. The molecule has 3 heterocycles. The number of likely N-dealkylation sites (tertiary alicyclic amines) is 1. The Morgan fingerprint density at radius 3 is 2.52 bits per heavy atom. The number of nitrogens with zero attached hydrogens (tertiary/aromatic N) is 3. The Morgan fingerprint density at radius 2 is 1.88 bits per heavy atom. The molecule has 0 unspecified atom stereocenters. The molecule has 1 aromatic carbocycles. The summed E-state index contributed by atoms with van der Waals surface area (Å²) in [5, 5.41) is 7.75. The monoisotopic (exact) mass is 358 g/mol. The number of anilines is 1. The van der Waals surface area contributed by atoms with E-state index in [0.717, 1.165) is 44.7 Å². The van der Waals surface area contributed by atoms with Crippen molar-refractivity contribution in [1.29, 1.82) is 0 Å². The molecule has 1 N–H and O–H groups in total. The summed E-state index contributed by atoms with van der Waals surface area (Å²) in [6.07, 6.45) is 6.14. The van der Waals surface area contributed by atoms with Gasteiger partial charge >= 0.3 is 0 Å². The second-order valence-corrected chi connectivity index (χ2v) is 7.35. The van der Waals surface area contributed by atoms with Gasteiger partial charge in [0, 0.05) is 49.6 Å². The highest BCUT2D eigenvalue weighted by Gasteiger charge is 2.26. The van der Waals surface area contributed by atoms with E-state index >= 15 is 0 Å². The van der Waals surface area contributed by atoms with Crippen molar-refractivity contribution in [3.63, 3.8) is 0 Å². The Bertz CT molecular complexity index is 732. The summed E-state index contributed by atoms with van der Waals surface area (Å²) in [6.45, 7) is 3.64. The predicted molar refractivity (Wildman–Crippen MR) is 99.4 cm³/mol. The summed E-state index contributed by atoms with van der Waals surface area (Å²) in [4.78, 5) is 17.0. The van der Waals surface area contributed by atoms with Crippen LogP contribution in [0.15, 0.2) is 30.5 Å². The third-order valence-electron chi connectivity index (χ3n) is 5.39. The molecule has 2 saturated heterocycles. The molecule has 2 aliphatic rings. The highest BCUT2D eigenvalue weighted by Crippen LogP contribution is 2.31. The van der Waals surface area contributed by atoms with Gasteiger partial charge in [-0.15, -0.1) is 0 Å². The van der Waals surface area contributed by atoms with Crippen molar-refractivity contribution in [2.75, 3.05) is 31.1 Å². The summed E-state index contributed by atoms with van der Waals surface area (Å²) in [7, 11) is 0. The lowest BCUT2D eigenvalue weighted by Gasteiger charge is -2.31. The van der Waals surface area contributed by atoms with Crippen molar-refractivity contribution >= 4 is 23.2 Å². The Kier molecular flexibility index (Phi) is 4.66. The fraction of sp³-hybridized carbons (Fsp3) is 0.474. The third kappa shape index (κ3) is 3.38. The van der Waals surface area contributed by atoms with E-state index in [0.29, 0.717) is 16.5 Å². The van der Waals surface area contributed by atoms with Crippen molar-refractivity contribution in [3.8, 4) is 0 Å². The second kappa shape index (κ2) is 7.08. The molecule has 0 bridgehead atoms. The number of benzene rings is 1. The van der Waals surface area contributed by atoms with Crippen LogP contribution >= 0.6 is 11.6 Å². The van der Waals surface area contributed by atoms with Crippen LogP contribution in [0, 0.1) is 0 Å². The molecule has 2 aliphatic heterocycles. The van der Waals surface area contributed by atoms with Gasteiger partial charge in [0.1, 0.15) is 0 Å². The predicted octanol–water partition coefficient (Wildman–Crippen LogP) is 3.68. The summed E-state index contributed by atoms with van der Waals surface area (Å²) in [6, 6.07) is 7.78. The molecule has 0 saturated carbocycles. The summed E-state index contributed by atoms with van der Waals surface area (Å²) in [5.74, 6) is 0.547. The lowest BCUT2D eigenvalue weighted by Crippen LogP contribution is -2.38. The molecule has 4 rings (SSSR count). The zero-order valence-corrected chi connectivity index (χ0v) is 15.0. The summed E-state index contributed by atoms with van der Waals surface area (Å²) in [5.41, 5.74) is 2.91. The molecule has 132 valence electrons. The number of nitrogens with one attached hydrogen (secondary N) is 1. The normalized spacial score (nSPS) is 18.8. The van der Waals surface area contributed by atoms with Crippen LogP contribution < -0.4 is 4.90 Å². The molecule has 0 radical (unpaired) electrons. The molecule has 2 aromatic rings. The number of aromatic amines is 1. The first kappa shape index (κ1) is 16.5. The molecule has 1 amide bonds. The first-order chi connectivity index (χ1) is 12.2. The fourth-order valence-corrected chi connectivity index (χ4v) is 4.22. The number of rotatable bonds is 3. The topological polar surface area (TPSA) is 52.2 Å². The van der Waals surface area contributed by atoms with Gasteiger partial charge in [-0.05, 0) is 49.9 Å². The molecular weight excluding hydrogens is 336 g/mol. The number of carbonyl (C=O) groups excluding carboxylic acids is 1. The van der Waals surface area contributed by atoms with Crippen LogP contribution in [0.5, 0.6) is 0 Å². The van der Waals surface area contributed by atoms with E-state index in [9.17, 15) is 4.79 Å². The average molecular weight is 359 g/mol. The number of amides is 1. The van der Waals surface area contributed by atoms with Gasteiger partial charge in [0.25, 0.3) is 5.91 Å². The zero-order valence-electron chi connectivity index (χ0n) is 14.2. The molecule has 25 heavy (non-hydrogen) atoms. The maximum atomic E-state index is 12.8. The number of hydrogen-bond donors (Lipinski definition) is 1. The van der Waals surface area contributed by atoms with Crippen LogP contribution in [-0.2, 0) is 0 Å². The minimum atomic E-state index is 0.0814. The Hall–Kier alpha value is -2.01. The molecule has 0 spiro atoms. The SMILES string of the molecule is O=C(c1ccc(N2CCCC2)c(Cl)c1)N1CCC(c2ccn[nH]2)CC1.